The van der Waals surface area contributed by atoms with Crippen molar-refractivity contribution in [3.63, 3.8) is 0 Å². The van der Waals surface area contributed by atoms with Crippen molar-refractivity contribution in [2.45, 2.75) is 18.9 Å². The summed E-state index contributed by atoms with van der Waals surface area (Å²) in [5.74, 6) is -1.89. The molecule has 0 aliphatic rings. The van der Waals surface area contributed by atoms with Gasteiger partial charge in [-0.2, -0.15) is 0 Å². The number of aliphatic hydroxyl groups excluding tert-OH is 1. The molecule has 1 aromatic rings. The molecule has 22 heavy (non-hydrogen) atoms. The Morgan fingerprint density at radius 2 is 2.05 bits per heavy atom. The number of benzene rings is 1. The van der Waals surface area contributed by atoms with E-state index in [1.165, 1.54) is 12.1 Å². The van der Waals surface area contributed by atoms with Crippen LogP contribution in [0.4, 0.5) is 13.2 Å². The minimum absolute atomic E-state index is 0.0768. The Morgan fingerprint density at radius 1 is 1.36 bits per heavy atom. The Kier molecular flexibility index (Phi) is 6.17. The molecule has 0 aliphatic carbocycles. The van der Waals surface area contributed by atoms with Crippen LogP contribution in [0.5, 0.6) is 5.75 Å². The van der Waals surface area contributed by atoms with E-state index in [1.54, 1.807) is 0 Å². The summed E-state index contributed by atoms with van der Waals surface area (Å²) in [6.07, 6.45) is -6.33. The SMILES string of the molecule is COC(=O)CC(O)CNC(=O)c1cccc(OC(F)(F)F)c1. The first-order valence-corrected chi connectivity index (χ1v) is 6.10. The molecule has 122 valence electrons. The number of aliphatic hydroxyl groups is 1. The van der Waals surface area contributed by atoms with Gasteiger partial charge >= 0.3 is 12.3 Å². The first-order chi connectivity index (χ1) is 10.2. The van der Waals surface area contributed by atoms with Gasteiger partial charge in [0.1, 0.15) is 5.75 Å². The molecule has 0 aliphatic heterocycles. The van der Waals surface area contributed by atoms with E-state index in [9.17, 15) is 27.9 Å². The second-order valence-corrected chi connectivity index (χ2v) is 4.22. The number of halogens is 3. The molecule has 1 rings (SSSR count). The molecule has 0 aromatic heterocycles. The topological polar surface area (TPSA) is 84.9 Å². The van der Waals surface area contributed by atoms with Crippen molar-refractivity contribution in [1.82, 2.24) is 5.32 Å². The highest BCUT2D eigenvalue weighted by Gasteiger charge is 2.31. The maximum absolute atomic E-state index is 12.1. The second-order valence-electron chi connectivity index (χ2n) is 4.22. The summed E-state index contributed by atoms with van der Waals surface area (Å²) in [5, 5.41) is 11.7. The predicted molar refractivity (Wildman–Crippen MR) is 68.1 cm³/mol. The lowest BCUT2D eigenvalue weighted by molar-refractivity contribution is -0.274. The first kappa shape index (κ1) is 17.8. The summed E-state index contributed by atoms with van der Waals surface area (Å²) in [6, 6.07) is 4.47. The minimum Gasteiger partial charge on any atom is -0.469 e. The lowest BCUT2D eigenvalue weighted by atomic mass is 10.2. The van der Waals surface area contributed by atoms with E-state index in [1.807, 2.05) is 0 Å². The van der Waals surface area contributed by atoms with E-state index in [0.29, 0.717) is 0 Å². The smallest absolute Gasteiger partial charge is 0.469 e. The number of carbonyl (C=O) groups excluding carboxylic acids is 2. The van der Waals surface area contributed by atoms with Gasteiger partial charge in [-0.15, -0.1) is 13.2 Å². The fraction of sp³-hybridized carbons (Fsp3) is 0.385. The van der Waals surface area contributed by atoms with E-state index >= 15 is 0 Å². The number of ether oxygens (including phenoxy) is 2. The largest absolute Gasteiger partial charge is 0.573 e. The zero-order valence-corrected chi connectivity index (χ0v) is 11.5. The van der Waals surface area contributed by atoms with Gasteiger partial charge in [0.05, 0.1) is 19.6 Å². The van der Waals surface area contributed by atoms with Crippen LogP contribution in [-0.2, 0) is 9.53 Å². The lowest BCUT2D eigenvalue weighted by Gasteiger charge is -2.12. The number of nitrogens with one attached hydrogen (secondary N) is 1. The van der Waals surface area contributed by atoms with Gasteiger partial charge in [0, 0.05) is 12.1 Å². The van der Waals surface area contributed by atoms with Crippen molar-refractivity contribution >= 4 is 11.9 Å². The maximum atomic E-state index is 12.1. The van der Waals surface area contributed by atoms with Crippen molar-refractivity contribution < 1.29 is 37.3 Å². The van der Waals surface area contributed by atoms with Crippen LogP contribution in [0, 0.1) is 0 Å². The van der Waals surface area contributed by atoms with Gasteiger partial charge in [-0.25, -0.2) is 0 Å². The van der Waals surface area contributed by atoms with E-state index in [2.05, 4.69) is 14.8 Å². The van der Waals surface area contributed by atoms with Crippen LogP contribution in [0.3, 0.4) is 0 Å². The Bertz CT molecular complexity index is 533. The number of methoxy groups -OCH3 is 1. The van der Waals surface area contributed by atoms with Gasteiger partial charge < -0.3 is 19.9 Å². The van der Waals surface area contributed by atoms with E-state index in [-0.39, 0.29) is 18.5 Å². The quantitative estimate of drug-likeness (QED) is 0.770. The normalized spacial score (nSPS) is 12.4. The molecule has 0 radical (unpaired) electrons. The highest BCUT2D eigenvalue weighted by atomic mass is 19.4. The fourth-order valence-electron chi connectivity index (χ4n) is 1.49. The van der Waals surface area contributed by atoms with Crippen molar-refractivity contribution in [3.8, 4) is 5.75 Å². The molecule has 0 spiro atoms. The Labute approximate surface area is 123 Å². The predicted octanol–water partition coefficient (Wildman–Crippen LogP) is 1.24. The van der Waals surface area contributed by atoms with E-state index in [4.69, 9.17) is 0 Å². The third kappa shape index (κ3) is 6.44. The Morgan fingerprint density at radius 3 is 2.64 bits per heavy atom. The molecule has 6 nitrogen and oxygen atoms in total. The lowest BCUT2D eigenvalue weighted by Crippen LogP contribution is -2.33. The van der Waals surface area contributed by atoms with Crippen molar-refractivity contribution in [3.05, 3.63) is 29.8 Å². The second kappa shape index (κ2) is 7.64. The molecule has 0 bridgehead atoms. The fourth-order valence-corrected chi connectivity index (χ4v) is 1.49. The monoisotopic (exact) mass is 321 g/mol. The number of esters is 1. The van der Waals surface area contributed by atoms with Gasteiger partial charge in [0.15, 0.2) is 0 Å². The zero-order chi connectivity index (χ0) is 16.8. The van der Waals surface area contributed by atoms with Crippen LogP contribution in [0.15, 0.2) is 24.3 Å². The Hall–Kier alpha value is -2.29. The molecule has 1 unspecified atom stereocenters. The van der Waals surface area contributed by atoms with Crippen LogP contribution in [0.1, 0.15) is 16.8 Å². The number of carbonyl (C=O) groups is 2. The van der Waals surface area contributed by atoms with Gasteiger partial charge in [-0.05, 0) is 18.2 Å². The minimum atomic E-state index is -4.86. The van der Waals surface area contributed by atoms with Crippen LogP contribution in [0.25, 0.3) is 0 Å². The molecule has 9 heteroatoms. The molecule has 0 saturated carbocycles. The summed E-state index contributed by atoms with van der Waals surface area (Å²) in [7, 11) is 1.15. The molecule has 1 atom stereocenters. The molecule has 0 saturated heterocycles. The van der Waals surface area contributed by atoms with Crippen LogP contribution < -0.4 is 10.1 Å². The standard InChI is InChI=1S/C13H14F3NO5/c1-21-11(19)6-9(18)7-17-12(20)8-3-2-4-10(5-8)22-13(14,15)16/h2-5,9,18H,6-7H2,1H3,(H,17,20). The molecular weight excluding hydrogens is 307 g/mol. The number of amides is 1. The van der Waals surface area contributed by atoms with Gasteiger partial charge in [0.25, 0.3) is 5.91 Å². The zero-order valence-electron chi connectivity index (χ0n) is 11.5. The molecule has 2 N–H and O–H groups in total. The van der Waals surface area contributed by atoms with Crippen molar-refractivity contribution in [2.75, 3.05) is 13.7 Å². The van der Waals surface area contributed by atoms with Crippen LogP contribution in [-0.4, -0.2) is 43.1 Å². The van der Waals surface area contributed by atoms with Crippen molar-refractivity contribution in [2.24, 2.45) is 0 Å². The highest BCUT2D eigenvalue weighted by molar-refractivity contribution is 5.94. The maximum Gasteiger partial charge on any atom is 0.573 e. The first-order valence-electron chi connectivity index (χ1n) is 6.10. The number of hydrogen-bond donors (Lipinski definition) is 2. The Balaban J connectivity index is 2.59. The van der Waals surface area contributed by atoms with E-state index < -0.39 is 30.1 Å². The third-order valence-corrected chi connectivity index (χ3v) is 2.46. The number of alkyl halides is 3. The van der Waals surface area contributed by atoms with Gasteiger partial charge in [-0.3, -0.25) is 9.59 Å². The summed E-state index contributed by atoms with van der Waals surface area (Å²) < 4.78 is 44.3. The summed E-state index contributed by atoms with van der Waals surface area (Å²) >= 11 is 0. The molecule has 0 heterocycles. The summed E-state index contributed by atoms with van der Waals surface area (Å²) in [5.41, 5.74) is -0.0768. The number of hydrogen-bond acceptors (Lipinski definition) is 5. The average molecular weight is 321 g/mol. The molecule has 1 amide bonds. The number of rotatable bonds is 6. The summed E-state index contributed by atoms with van der Waals surface area (Å²) in [4.78, 5) is 22.6. The van der Waals surface area contributed by atoms with E-state index in [0.717, 1.165) is 19.2 Å². The van der Waals surface area contributed by atoms with Crippen LogP contribution in [0.2, 0.25) is 0 Å². The molecular formula is C13H14F3NO5. The highest BCUT2D eigenvalue weighted by Crippen LogP contribution is 2.23. The van der Waals surface area contributed by atoms with Gasteiger partial charge in [-0.1, -0.05) is 6.07 Å². The van der Waals surface area contributed by atoms with Crippen LogP contribution >= 0.6 is 0 Å². The molecule has 1 aromatic carbocycles. The average Bonchev–Trinajstić information content (AvgIpc) is 2.43. The molecule has 0 fully saturated rings. The third-order valence-electron chi connectivity index (χ3n) is 2.46. The van der Waals surface area contributed by atoms with Crippen molar-refractivity contribution in [1.29, 1.82) is 0 Å². The summed E-state index contributed by atoms with van der Waals surface area (Å²) in [6.45, 7) is -0.252. The van der Waals surface area contributed by atoms with Gasteiger partial charge in [0.2, 0.25) is 0 Å².